The fourth-order valence-corrected chi connectivity index (χ4v) is 6.80. The number of hydrogen-bond donors (Lipinski definition) is 1. The van der Waals surface area contributed by atoms with Crippen LogP contribution in [0.4, 0.5) is 5.69 Å². The van der Waals surface area contributed by atoms with Gasteiger partial charge in [0.25, 0.3) is 10.0 Å². The Bertz CT molecular complexity index is 1680. The van der Waals surface area contributed by atoms with Gasteiger partial charge in [-0.3, -0.25) is 13.9 Å². The minimum atomic E-state index is -4.16. The Morgan fingerprint density at radius 1 is 0.822 bits per heavy atom. The van der Waals surface area contributed by atoms with Gasteiger partial charge in [0.05, 0.1) is 10.6 Å². The molecule has 4 aromatic carbocycles. The van der Waals surface area contributed by atoms with Gasteiger partial charge in [-0.15, -0.1) is 0 Å². The summed E-state index contributed by atoms with van der Waals surface area (Å²) in [5, 5.41) is 3.55. The van der Waals surface area contributed by atoms with Crippen LogP contribution in [0.3, 0.4) is 0 Å². The van der Waals surface area contributed by atoms with Crippen LogP contribution in [0.25, 0.3) is 0 Å². The second-order valence-electron chi connectivity index (χ2n) is 11.0. The molecule has 7 nitrogen and oxygen atoms in total. The van der Waals surface area contributed by atoms with Crippen LogP contribution in [0.15, 0.2) is 114 Å². The molecule has 0 heterocycles. The quantitative estimate of drug-likeness (QED) is 0.166. The van der Waals surface area contributed by atoms with E-state index in [0.717, 1.165) is 16.7 Å². The summed E-state index contributed by atoms with van der Waals surface area (Å²) in [7, 11) is -4.16. The van der Waals surface area contributed by atoms with E-state index in [-0.39, 0.29) is 29.8 Å². The van der Waals surface area contributed by atoms with Gasteiger partial charge in [0.1, 0.15) is 12.6 Å². The first-order chi connectivity index (χ1) is 21.6. The van der Waals surface area contributed by atoms with E-state index in [4.69, 9.17) is 11.6 Å². The number of anilines is 1. The standard InChI is InChI=1S/C36H40ClN3O4S/c1-4-27(3)38-36(42)34(24-28-15-8-6-9-16-28)39(25-29-17-14-19-31(37)23-29)35(41)26-40(33-22-13-12-18-30(33)5-2)45(43,44)32-20-10-7-11-21-32/h6-23,27,34H,4-5,24-26H2,1-3H3,(H,38,42). The van der Waals surface area contributed by atoms with Gasteiger partial charge in [0.15, 0.2) is 0 Å². The molecule has 2 atom stereocenters. The zero-order valence-electron chi connectivity index (χ0n) is 25.9. The summed E-state index contributed by atoms with van der Waals surface area (Å²) in [5.41, 5.74) is 2.79. The molecule has 9 heteroatoms. The zero-order valence-corrected chi connectivity index (χ0v) is 27.5. The predicted octanol–water partition coefficient (Wildman–Crippen LogP) is 6.65. The van der Waals surface area contributed by atoms with Gasteiger partial charge in [-0.2, -0.15) is 0 Å². The van der Waals surface area contributed by atoms with E-state index in [1.807, 2.05) is 69.3 Å². The fraction of sp³-hybridized carbons (Fsp3) is 0.278. The number of rotatable bonds is 14. The van der Waals surface area contributed by atoms with Crippen molar-refractivity contribution in [2.75, 3.05) is 10.8 Å². The SMILES string of the molecule is CCc1ccccc1N(CC(=O)N(Cc1cccc(Cl)c1)C(Cc1ccccc1)C(=O)NC(C)CC)S(=O)(=O)c1ccccc1. The molecule has 0 bridgehead atoms. The predicted molar refractivity (Wildman–Crippen MR) is 181 cm³/mol. The highest BCUT2D eigenvalue weighted by molar-refractivity contribution is 7.92. The average molecular weight is 646 g/mol. The molecule has 1 N–H and O–H groups in total. The first kappa shape index (κ1) is 33.7. The zero-order chi connectivity index (χ0) is 32.4. The van der Waals surface area contributed by atoms with Crippen LogP contribution in [0, 0.1) is 0 Å². The number of carbonyl (C=O) groups excluding carboxylic acids is 2. The Hall–Kier alpha value is -4.14. The average Bonchev–Trinajstić information content (AvgIpc) is 3.05. The van der Waals surface area contributed by atoms with E-state index in [0.29, 0.717) is 23.6 Å². The number of para-hydroxylation sites is 1. The van der Waals surface area contributed by atoms with Crippen molar-refractivity contribution in [2.45, 2.75) is 63.6 Å². The first-order valence-electron chi connectivity index (χ1n) is 15.2. The maximum absolute atomic E-state index is 14.6. The van der Waals surface area contributed by atoms with Crippen LogP contribution in [0.1, 0.15) is 43.9 Å². The summed E-state index contributed by atoms with van der Waals surface area (Å²) in [4.78, 5) is 30.1. The highest BCUT2D eigenvalue weighted by Gasteiger charge is 2.35. The number of nitrogens with one attached hydrogen (secondary N) is 1. The summed E-state index contributed by atoms with van der Waals surface area (Å²) >= 11 is 6.32. The van der Waals surface area contributed by atoms with Crippen molar-refractivity contribution in [3.63, 3.8) is 0 Å². The molecule has 0 aliphatic rings. The highest BCUT2D eigenvalue weighted by atomic mass is 35.5. The Labute approximate surface area is 271 Å². The number of sulfonamides is 1. The van der Waals surface area contributed by atoms with E-state index < -0.39 is 28.5 Å². The van der Waals surface area contributed by atoms with Crippen LogP contribution in [0.5, 0.6) is 0 Å². The van der Waals surface area contributed by atoms with Crippen molar-refractivity contribution in [3.05, 3.63) is 131 Å². The lowest BCUT2D eigenvalue weighted by Gasteiger charge is -2.34. The maximum Gasteiger partial charge on any atom is 0.264 e. The lowest BCUT2D eigenvalue weighted by molar-refractivity contribution is -0.140. The monoisotopic (exact) mass is 645 g/mol. The first-order valence-corrected chi connectivity index (χ1v) is 17.0. The molecule has 0 radical (unpaired) electrons. The van der Waals surface area contributed by atoms with Gasteiger partial charge in [-0.25, -0.2) is 8.42 Å². The van der Waals surface area contributed by atoms with Gasteiger partial charge in [-0.05, 0) is 66.8 Å². The molecule has 0 saturated heterocycles. The molecule has 0 spiro atoms. The van der Waals surface area contributed by atoms with Crippen molar-refractivity contribution in [3.8, 4) is 0 Å². The molecule has 0 aliphatic carbocycles. The van der Waals surface area contributed by atoms with Gasteiger partial charge >= 0.3 is 0 Å². The van der Waals surface area contributed by atoms with Gasteiger partial charge in [0, 0.05) is 24.0 Å². The summed E-state index contributed by atoms with van der Waals surface area (Å²) in [6, 6.07) is 30.8. The topological polar surface area (TPSA) is 86.8 Å². The molecule has 4 rings (SSSR count). The summed E-state index contributed by atoms with van der Waals surface area (Å²) in [6.07, 6.45) is 1.51. The van der Waals surface area contributed by atoms with Crippen LogP contribution in [-0.2, 0) is 39.0 Å². The smallest absolute Gasteiger partial charge is 0.264 e. The van der Waals surface area contributed by atoms with E-state index in [1.165, 1.54) is 21.3 Å². The molecule has 0 aromatic heterocycles. The molecule has 0 aliphatic heterocycles. The van der Waals surface area contributed by atoms with E-state index in [9.17, 15) is 18.0 Å². The lowest BCUT2D eigenvalue weighted by atomic mass is 10.0. The van der Waals surface area contributed by atoms with Gasteiger partial charge < -0.3 is 10.2 Å². The highest BCUT2D eigenvalue weighted by Crippen LogP contribution is 2.28. The van der Waals surface area contributed by atoms with Crippen LogP contribution in [0.2, 0.25) is 5.02 Å². The van der Waals surface area contributed by atoms with Crippen LogP contribution < -0.4 is 9.62 Å². The second-order valence-corrected chi connectivity index (χ2v) is 13.3. The second kappa shape index (κ2) is 15.7. The normalized spacial score (nSPS) is 12.6. The van der Waals surface area contributed by atoms with E-state index >= 15 is 0 Å². The fourth-order valence-electron chi connectivity index (χ4n) is 5.11. The largest absolute Gasteiger partial charge is 0.352 e. The third-order valence-corrected chi connectivity index (χ3v) is 9.77. The Balaban J connectivity index is 1.83. The van der Waals surface area contributed by atoms with Gasteiger partial charge in [0.2, 0.25) is 11.8 Å². The number of aryl methyl sites for hydroxylation is 1. The molecule has 2 amide bonds. The van der Waals surface area contributed by atoms with Crippen molar-refractivity contribution >= 4 is 39.1 Å². The molecular weight excluding hydrogens is 606 g/mol. The summed E-state index contributed by atoms with van der Waals surface area (Å²) in [5.74, 6) is -0.823. The van der Waals surface area contributed by atoms with E-state index in [1.54, 1.807) is 48.5 Å². The molecule has 2 unspecified atom stereocenters. The van der Waals surface area contributed by atoms with Crippen molar-refractivity contribution < 1.29 is 18.0 Å². The molecule has 45 heavy (non-hydrogen) atoms. The minimum Gasteiger partial charge on any atom is -0.352 e. The van der Waals surface area contributed by atoms with Gasteiger partial charge in [-0.1, -0.05) is 104 Å². The molecule has 0 saturated carbocycles. The van der Waals surface area contributed by atoms with Crippen molar-refractivity contribution in [1.82, 2.24) is 10.2 Å². The lowest BCUT2D eigenvalue weighted by Crippen LogP contribution is -2.54. The van der Waals surface area contributed by atoms with E-state index in [2.05, 4.69) is 5.32 Å². The number of amides is 2. The Morgan fingerprint density at radius 2 is 1.44 bits per heavy atom. The third-order valence-electron chi connectivity index (χ3n) is 7.77. The van der Waals surface area contributed by atoms with Crippen LogP contribution >= 0.6 is 11.6 Å². The Morgan fingerprint density at radius 3 is 2.09 bits per heavy atom. The maximum atomic E-state index is 14.6. The number of halogens is 1. The number of benzene rings is 4. The minimum absolute atomic E-state index is 0.0550. The molecule has 4 aromatic rings. The number of carbonyl (C=O) groups is 2. The molecule has 236 valence electrons. The number of nitrogens with zero attached hydrogens (tertiary/aromatic N) is 2. The summed E-state index contributed by atoms with van der Waals surface area (Å²) < 4.78 is 29.6. The molecular formula is C36H40ClN3O4S. The number of hydrogen-bond acceptors (Lipinski definition) is 4. The van der Waals surface area contributed by atoms with Crippen molar-refractivity contribution in [1.29, 1.82) is 0 Å². The van der Waals surface area contributed by atoms with Crippen molar-refractivity contribution in [2.24, 2.45) is 0 Å². The van der Waals surface area contributed by atoms with Crippen LogP contribution in [-0.4, -0.2) is 43.8 Å². The third kappa shape index (κ3) is 8.74. The molecule has 0 fully saturated rings. The summed E-state index contributed by atoms with van der Waals surface area (Å²) in [6.45, 7) is 5.38. The Kier molecular flexibility index (Phi) is 11.8.